The summed E-state index contributed by atoms with van der Waals surface area (Å²) in [5.74, 6) is -0.864. The summed E-state index contributed by atoms with van der Waals surface area (Å²) < 4.78 is 0. The lowest BCUT2D eigenvalue weighted by Gasteiger charge is -2.19. The first-order chi connectivity index (χ1) is 8.11. The van der Waals surface area contributed by atoms with Crippen molar-refractivity contribution < 1.29 is 14.7 Å². The van der Waals surface area contributed by atoms with Gasteiger partial charge in [0.1, 0.15) is 6.29 Å². The summed E-state index contributed by atoms with van der Waals surface area (Å²) in [6, 6.07) is 9.08. The van der Waals surface area contributed by atoms with Crippen LogP contribution in [-0.2, 0) is 16.0 Å². The first kappa shape index (κ1) is 13.4. The van der Waals surface area contributed by atoms with Gasteiger partial charge in [-0.2, -0.15) is 0 Å². The van der Waals surface area contributed by atoms with E-state index in [9.17, 15) is 9.59 Å². The topological polar surface area (TPSA) is 66.4 Å². The summed E-state index contributed by atoms with van der Waals surface area (Å²) in [4.78, 5) is 21.3. The lowest BCUT2D eigenvalue weighted by molar-refractivity contribution is -0.137. The quantitative estimate of drug-likeness (QED) is 0.698. The van der Waals surface area contributed by atoms with Gasteiger partial charge in [0.15, 0.2) is 0 Å². The van der Waals surface area contributed by atoms with Crippen LogP contribution < -0.4 is 5.32 Å². The fourth-order valence-electron chi connectivity index (χ4n) is 1.71. The zero-order valence-electron chi connectivity index (χ0n) is 9.80. The molecule has 0 saturated heterocycles. The Kier molecular flexibility index (Phi) is 5.36. The molecule has 0 aromatic heterocycles. The van der Waals surface area contributed by atoms with Crippen LogP contribution >= 0.6 is 0 Å². The van der Waals surface area contributed by atoms with Gasteiger partial charge < -0.3 is 15.2 Å². The summed E-state index contributed by atoms with van der Waals surface area (Å²) >= 11 is 0. The second kappa shape index (κ2) is 6.81. The van der Waals surface area contributed by atoms with Crippen molar-refractivity contribution in [3.05, 3.63) is 35.9 Å². The molecule has 0 saturated carbocycles. The summed E-state index contributed by atoms with van der Waals surface area (Å²) in [6.07, 6.45) is 1.39. The van der Waals surface area contributed by atoms with Crippen LogP contribution in [0.5, 0.6) is 0 Å². The molecule has 0 aliphatic carbocycles. The number of hydrogen-bond donors (Lipinski definition) is 2. The van der Waals surface area contributed by atoms with Gasteiger partial charge in [-0.3, -0.25) is 4.79 Å². The molecule has 2 atom stereocenters. The fraction of sp³-hybridized carbons (Fsp3) is 0.385. The molecular weight excluding hydrogens is 218 g/mol. The van der Waals surface area contributed by atoms with Crippen molar-refractivity contribution in [2.75, 3.05) is 0 Å². The van der Waals surface area contributed by atoms with Gasteiger partial charge in [0.25, 0.3) is 0 Å². The zero-order chi connectivity index (χ0) is 12.7. The zero-order valence-corrected chi connectivity index (χ0v) is 9.80. The maximum absolute atomic E-state index is 10.7. The molecule has 0 aliphatic heterocycles. The van der Waals surface area contributed by atoms with Crippen molar-refractivity contribution in [3.8, 4) is 0 Å². The fourth-order valence-corrected chi connectivity index (χ4v) is 1.71. The first-order valence-corrected chi connectivity index (χ1v) is 5.59. The lowest BCUT2D eigenvalue weighted by atomic mass is 10.0. The number of carbonyl (C=O) groups is 2. The van der Waals surface area contributed by atoms with E-state index >= 15 is 0 Å². The molecule has 0 amide bonds. The van der Waals surface area contributed by atoms with Gasteiger partial charge in [0.05, 0.1) is 12.5 Å². The third-order valence-electron chi connectivity index (χ3n) is 2.45. The van der Waals surface area contributed by atoms with Crippen molar-refractivity contribution in [1.29, 1.82) is 0 Å². The molecule has 0 fully saturated rings. The van der Waals surface area contributed by atoms with E-state index in [-0.39, 0.29) is 18.5 Å². The number of hydrogen-bond acceptors (Lipinski definition) is 3. The Bertz CT molecular complexity index is 364. The summed E-state index contributed by atoms with van der Waals surface area (Å²) in [5.41, 5.74) is 1.06. The Morgan fingerprint density at radius 2 is 2.06 bits per heavy atom. The van der Waals surface area contributed by atoms with Gasteiger partial charge in [0, 0.05) is 6.04 Å². The Labute approximate surface area is 101 Å². The molecule has 1 aromatic carbocycles. The van der Waals surface area contributed by atoms with Gasteiger partial charge in [0.2, 0.25) is 0 Å². The molecular formula is C13H17NO3. The molecule has 1 rings (SSSR count). The number of nitrogens with one attached hydrogen (secondary N) is 1. The number of benzene rings is 1. The van der Waals surface area contributed by atoms with Crippen LogP contribution in [0.4, 0.5) is 0 Å². The molecule has 1 aromatic rings. The highest BCUT2D eigenvalue weighted by Gasteiger charge is 2.15. The molecule has 2 N–H and O–H groups in total. The third kappa shape index (κ3) is 5.26. The van der Waals surface area contributed by atoms with Crippen LogP contribution in [0.25, 0.3) is 0 Å². The predicted molar refractivity (Wildman–Crippen MR) is 64.8 cm³/mol. The molecule has 92 valence electrons. The second-order valence-electron chi connectivity index (χ2n) is 4.08. The Balaban J connectivity index is 2.63. The van der Waals surface area contributed by atoms with Crippen molar-refractivity contribution in [2.45, 2.75) is 31.8 Å². The Hall–Kier alpha value is -1.68. The smallest absolute Gasteiger partial charge is 0.304 e. The Morgan fingerprint density at radius 1 is 1.41 bits per heavy atom. The lowest BCUT2D eigenvalue weighted by Crippen LogP contribution is -2.40. The van der Waals surface area contributed by atoms with Gasteiger partial charge in [-0.15, -0.1) is 0 Å². The highest BCUT2D eigenvalue weighted by molar-refractivity contribution is 5.67. The van der Waals surface area contributed by atoms with E-state index in [4.69, 9.17) is 5.11 Å². The Morgan fingerprint density at radius 3 is 2.59 bits per heavy atom. The molecule has 4 nitrogen and oxygen atoms in total. The van der Waals surface area contributed by atoms with Crippen LogP contribution in [0.2, 0.25) is 0 Å². The average Bonchev–Trinajstić information content (AvgIpc) is 2.29. The second-order valence-corrected chi connectivity index (χ2v) is 4.08. The SMILES string of the molecule is C[C@@H](C=O)NC(CC(=O)O)Cc1ccccc1. The van der Waals surface area contributed by atoms with E-state index in [1.165, 1.54) is 0 Å². The van der Waals surface area contributed by atoms with Gasteiger partial charge in [-0.25, -0.2) is 0 Å². The molecule has 4 heteroatoms. The van der Waals surface area contributed by atoms with E-state index in [1.807, 2.05) is 30.3 Å². The third-order valence-corrected chi connectivity index (χ3v) is 2.45. The molecule has 0 heterocycles. The van der Waals surface area contributed by atoms with Gasteiger partial charge in [-0.05, 0) is 18.9 Å². The molecule has 17 heavy (non-hydrogen) atoms. The predicted octanol–water partition coefficient (Wildman–Crippen LogP) is 1.25. The van der Waals surface area contributed by atoms with Crippen molar-refractivity contribution in [2.24, 2.45) is 0 Å². The normalized spacial score (nSPS) is 13.9. The van der Waals surface area contributed by atoms with E-state index in [0.717, 1.165) is 11.8 Å². The number of aliphatic carboxylic acids is 1. The van der Waals surface area contributed by atoms with E-state index in [1.54, 1.807) is 6.92 Å². The summed E-state index contributed by atoms with van der Waals surface area (Å²) in [6.45, 7) is 1.72. The maximum Gasteiger partial charge on any atom is 0.304 e. The molecule has 0 bridgehead atoms. The molecule has 0 aliphatic rings. The highest BCUT2D eigenvalue weighted by Crippen LogP contribution is 2.06. The number of carboxylic acids is 1. The minimum absolute atomic E-state index is 0.00702. The van der Waals surface area contributed by atoms with Crippen molar-refractivity contribution >= 4 is 12.3 Å². The van der Waals surface area contributed by atoms with Crippen LogP contribution in [0.15, 0.2) is 30.3 Å². The van der Waals surface area contributed by atoms with Gasteiger partial charge in [-0.1, -0.05) is 30.3 Å². The minimum Gasteiger partial charge on any atom is -0.481 e. The molecule has 1 unspecified atom stereocenters. The van der Waals surface area contributed by atoms with E-state index < -0.39 is 5.97 Å². The minimum atomic E-state index is -0.864. The van der Waals surface area contributed by atoms with E-state index in [2.05, 4.69) is 5.32 Å². The monoisotopic (exact) mass is 235 g/mol. The standard InChI is InChI=1S/C13H17NO3/c1-10(9-15)14-12(8-13(16)17)7-11-5-3-2-4-6-11/h2-6,9-10,12,14H,7-8H2,1H3,(H,16,17)/t10-,12?/m0/s1. The van der Waals surface area contributed by atoms with Gasteiger partial charge >= 0.3 is 5.97 Å². The molecule has 0 radical (unpaired) electrons. The summed E-state index contributed by atoms with van der Waals surface area (Å²) in [7, 11) is 0. The average molecular weight is 235 g/mol. The first-order valence-electron chi connectivity index (χ1n) is 5.59. The summed E-state index contributed by atoms with van der Waals surface area (Å²) in [5, 5.41) is 11.8. The molecule has 0 spiro atoms. The highest BCUT2D eigenvalue weighted by atomic mass is 16.4. The van der Waals surface area contributed by atoms with Crippen molar-refractivity contribution in [1.82, 2.24) is 5.32 Å². The van der Waals surface area contributed by atoms with Crippen LogP contribution in [0.3, 0.4) is 0 Å². The van der Waals surface area contributed by atoms with E-state index in [0.29, 0.717) is 6.42 Å². The van der Waals surface area contributed by atoms with Crippen molar-refractivity contribution in [3.63, 3.8) is 0 Å². The number of rotatable bonds is 7. The number of carboxylic acid groups (broad SMARTS) is 1. The maximum atomic E-state index is 10.7. The van der Waals surface area contributed by atoms with Crippen LogP contribution in [-0.4, -0.2) is 29.4 Å². The van der Waals surface area contributed by atoms with Crippen LogP contribution in [0.1, 0.15) is 18.9 Å². The number of carbonyl (C=O) groups excluding carboxylic acids is 1. The van der Waals surface area contributed by atoms with Crippen LogP contribution in [0, 0.1) is 0 Å². The largest absolute Gasteiger partial charge is 0.481 e. The number of aldehydes is 1.